The summed E-state index contributed by atoms with van der Waals surface area (Å²) in [5.74, 6) is -0.295. The van der Waals surface area contributed by atoms with Gasteiger partial charge in [-0.05, 0) is 33.1 Å². The fraction of sp³-hybridized carbons (Fsp3) is 0.857. The van der Waals surface area contributed by atoms with Crippen LogP contribution in [0.4, 0.5) is 0 Å². The van der Waals surface area contributed by atoms with E-state index in [1.54, 1.807) is 18.7 Å². The van der Waals surface area contributed by atoms with E-state index in [-0.39, 0.29) is 24.1 Å². The molecule has 2 unspecified atom stereocenters. The molecule has 1 rings (SSSR count). The van der Waals surface area contributed by atoms with Crippen molar-refractivity contribution in [2.24, 2.45) is 0 Å². The standard InChI is InChI=1S/C14H26N2O4S/c1-6-13(3)12(18)16(9-8-10-21(5,19)20)14(4,7-2)11(17)15-13/h6-10H2,1-5H3,(H,15,17). The molecule has 0 aromatic carbocycles. The Morgan fingerprint density at radius 3 is 2.14 bits per heavy atom. The van der Waals surface area contributed by atoms with Crippen molar-refractivity contribution < 1.29 is 18.0 Å². The second-order valence-electron chi connectivity index (χ2n) is 6.21. The molecule has 1 heterocycles. The van der Waals surface area contributed by atoms with E-state index in [2.05, 4.69) is 5.32 Å². The van der Waals surface area contributed by atoms with Gasteiger partial charge in [0.15, 0.2) is 0 Å². The highest BCUT2D eigenvalue weighted by Crippen LogP contribution is 2.30. The minimum atomic E-state index is -3.07. The molecular formula is C14H26N2O4S. The van der Waals surface area contributed by atoms with Crippen LogP contribution in [0.1, 0.15) is 47.0 Å². The number of carbonyl (C=O) groups is 2. The molecule has 0 aromatic rings. The van der Waals surface area contributed by atoms with Gasteiger partial charge in [-0.3, -0.25) is 9.59 Å². The first-order valence-corrected chi connectivity index (χ1v) is 9.38. The predicted octanol–water partition coefficient (Wildman–Crippen LogP) is 0.717. The highest BCUT2D eigenvalue weighted by atomic mass is 32.2. The van der Waals surface area contributed by atoms with E-state index in [1.165, 1.54) is 6.26 Å². The second kappa shape index (κ2) is 5.94. The molecule has 21 heavy (non-hydrogen) atoms. The zero-order chi connectivity index (χ0) is 16.5. The summed E-state index contributed by atoms with van der Waals surface area (Å²) in [6.45, 7) is 7.42. The SMILES string of the molecule is CCC1(C)NC(=O)C(C)(CC)N(CCCS(C)(=O)=O)C1=O. The number of nitrogens with zero attached hydrogens (tertiary/aromatic N) is 1. The van der Waals surface area contributed by atoms with E-state index in [0.717, 1.165) is 0 Å². The van der Waals surface area contributed by atoms with Gasteiger partial charge in [0.05, 0.1) is 5.75 Å². The summed E-state index contributed by atoms with van der Waals surface area (Å²) >= 11 is 0. The Bertz CT molecular complexity index is 531. The highest BCUT2D eigenvalue weighted by Gasteiger charge is 2.52. The van der Waals surface area contributed by atoms with Crippen LogP contribution in [0.2, 0.25) is 0 Å². The first-order chi connectivity index (χ1) is 9.50. The third-order valence-corrected chi connectivity index (χ3v) is 5.51. The summed E-state index contributed by atoms with van der Waals surface area (Å²) in [5, 5.41) is 2.82. The van der Waals surface area contributed by atoms with Crippen LogP contribution in [0.25, 0.3) is 0 Å². The van der Waals surface area contributed by atoms with Crippen LogP contribution in [-0.4, -0.2) is 54.8 Å². The number of nitrogens with one attached hydrogen (secondary N) is 1. The van der Waals surface area contributed by atoms with Gasteiger partial charge in [0.25, 0.3) is 0 Å². The maximum atomic E-state index is 12.7. The van der Waals surface area contributed by atoms with Crippen molar-refractivity contribution in [3.05, 3.63) is 0 Å². The fourth-order valence-electron chi connectivity index (χ4n) is 2.51. The second-order valence-corrected chi connectivity index (χ2v) is 8.47. The molecule has 1 fully saturated rings. The van der Waals surface area contributed by atoms with E-state index in [0.29, 0.717) is 19.3 Å². The molecule has 2 atom stereocenters. The molecule has 7 heteroatoms. The van der Waals surface area contributed by atoms with E-state index in [4.69, 9.17) is 0 Å². The lowest BCUT2D eigenvalue weighted by Gasteiger charge is -2.50. The Labute approximate surface area is 127 Å². The lowest BCUT2D eigenvalue weighted by molar-refractivity contribution is -0.161. The van der Waals surface area contributed by atoms with Crippen molar-refractivity contribution in [1.82, 2.24) is 10.2 Å². The quantitative estimate of drug-likeness (QED) is 0.782. The molecule has 0 radical (unpaired) electrons. The monoisotopic (exact) mass is 318 g/mol. The average Bonchev–Trinajstić information content (AvgIpc) is 2.39. The van der Waals surface area contributed by atoms with Gasteiger partial charge in [0, 0.05) is 12.8 Å². The minimum absolute atomic E-state index is 0.0149. The first-order valence-electron chi connectivity index (χ1n) is 7.32. The van der Waals surface area contributed by atoms with Gasteiger partial charge in [-0.25, -0.2) is 8.42 Å². The van der Waals surface area contributed by atoms with Crippen LogP contribution in [0.5, 0.6) is 0 Å². The van der Waals surface area contributed by atoms with E-state index >= 15 is 0 Å². The third-order valence-electron chi connectivity index (χ3n) is 4.48. The van der Waals surface area contributed by atoms with Crippen LogP contribution in [0, 0.1) is 0 Å². The van der Waals surface area contributed by atoms with Gasteiger partial charge in [0.1, 0.15) is 20.9 Å². The van der Waals surface area contributed by atoms with Crippen LogP contribution in [-0.2, 0) is 19.4 Å². The smallest absolute Gasteiger partial charge is 0.248 e. The number of hydrogen-bond acceptors (Lipinski definition) is 4. The molecule has 0 bridgehead atoms. The zero-order valence-corrected chi connectivity index (χ0v) is 14.3. The molecule has 6 nitrogen and oxygen atoms in total. The molecule has 122 valence electrons. The molecular weight excluding hydrogens is 292 g/mol. The number of hydrogen-bond donors (Lipinski definition) is 1. The van der Waals surface area contributed by atoms with E-state index in [1.807, 2.05) is 13.8 Å². The number of carbonyl (C=O) groups excluding carboxylic acids is 2. The summed E-state index contributed by atoms with van der Waals surface area (Å²) in [5.41, 5.74) is -1.82. The number of sulfone groups is 1. The average molecular weight is 318 g/mol. The Hall–Kier alpha value is -1.11. The lowest BCUT2D eigenvalue weighted by Crippen LogP contribution is -2.73. The molecule has 1 aliphatic heterocycles. The van der Waals surface area contributed by atoms with Gasteiger partial charge in [-0.15, -0.1) is 0 Å². The normalized spacial score (nSPS) is 30.4. The molecule has 0 saturated carbocycles. The number of rotatable bonds is 6. The molecule has 1 saturated heterocycles. The Morgan fingerprint density at radius 2 is 1.71 bits per heavy atom. The lowest BCUT2D eigenvalue weighted by atomic mass is 9.84. The van der Waals surface area contributed by atoms with Crippen molar-refractivity contribution in [2.75, 3.05) is 18.6 Å². The molecule has 1 N–H and O–H groups in total. The third kappa shape index (κ3) is 3.56. The number of amides is 2. The van der Waals surface area contributed by atoms with Gasteiger partial charge in [-0.2, -0.15) is 0 Å². The van der Waals surface area contributed by atoms with Gasteiger partial charge >= 0.3 is 0 Å². The highest BCUT2D eigenvalue weighted by molar-refractivity contribution is 7.90. The van der Waals surface area contributed by atoms with Crippen LogP contribution >= 0.6 is 0 Å². The summed E-state index contributed by atoms with van der Waals surface area (Å²) in [7, 11) is -3.07. The fourth-order valence-corrected chi connectivity index (χ4v) is 3.16. The van der Waals surface area contributed by atoms with Crippen LogP contribution in [0.15, 0.2) is 0 Å². The van der Waals surface area contributed by atoms with E-state index in [9.17, 15) is 18.0 Å². The molecule has 0 aromatic heterocycles. The van der Waals surface area contributed by atoms with Crippen molar-refractivity contribution in [3.8, 4) is 0 Å². The van der Waals surface area contributed by atoms with Crippen LogP contribution < -0.4 is 5.32 Å². The summed E-state index contributed by atoms with van der Waals surface area (Å²) in [4.78, 5) is 26.7. The first kappa shape index (κ1) is 17.9. The number of piperazine rings is 1. The van der Waals surface area contributed by atoms with Crippen molar-refractivity contribution in [2.45, 2.75) is 58.0 Å². The maximum Gasteiger partial charge on any atom is 0.248 e. The topological polar surface area (TPSA) is 83.6 Å². The Balaban J connectivity index is 3.02. The molecule has 0 spiro atoms. The molecule has 0 aliphatic carbocycles. The van der Waals surface area contributed by atoms with Crippen molar-refractivity contribution in [3.63, 3.8) is 0 Å². The zero-order valence-electron chi connectivity index (χ0n) is 13.5. The minimum Gasteiger partial charge on any atom is -0.340 e. The van der Waals surface area contributed by atoms with Gasteiger partial charge < -0.3 is 10.2 Å². The predicted molar refractivity (Wildman–Crippen MR) is 81.6 cm³/mol. The van der Waals surface area contributed by atoms with Crippen molar-refractivity contribution in [1.29, 1.82) is 0 Å². The summed E-state index contributed by atoms with van der Waals surface area (Å²) in [6, 6.07) is 0. The molecule has 1 aliphatic rings. The summed E-state index contributed by atoms with van der Waals surface area (Å²) < 4.78 is 22.5. The summed E-state index contributed by atoms with van der Waals surface area (Å²) in [6.07, 6.45) is 2.50. The van der Waals surface area contributed by atoms with E-state index < -0.39 is 20.9 Å². The molecule has 2 amide bonds. The maximum absolute atomic E-state index is 12.7. The van der Waals surface area contributed by atoms with Gasteiger partial charge in [0.2, 0.25) is 11.8 Å². The van der Waals surface area contributed by atoms with Gasteiger partial charge in [-0.1, -0.05) is 13.8 Å². The Morgan fingerprint density at radius 1 is 1.14 bits per heavy atom. The van der Waals surface area contributed by atoms with Crippen LogP contribution in [0.3, 0.4) is 0 Å². The van der Waals surface area contributed by atoms with Crippen molar-refractivity contribution >= 4 is 21.7 Å². The Kier molecular flexibility index (Phi) is 5.08. The largest absolute Gasteiger partial charge is 0.340 e.